The Labute approximate surface area is 131 Å². The number of rotatable bonds is 4. The number of anilines is 2. The van der Waals surface area contributed by atoms with Crippen molar-refractivity contribution in [3.63, 3.8) is 0 Å². The molecule has 2 N–H and O–H groups in total. The van der Waals surface area contributed by atoms with Gasteiger partial charge in [-0.15, -0.1) is 0 Å². The smallest absolute Gasteiger partial charge is 0.267 e. The Hall–Kier alpha value is -1.64. The first-order valence-electron chi connectivity index (χ1n) is 5.77. The van der Waals surface area contributed by atoms with E-state index in [4.69, 9.17) is 11.6 Å². The molecule has 0 fully saturated rings. The van der Waals surface area contributed by atoms with Gasteiger partial charge in [0.15, 0.2) is 5.13 Å². The summed E-state index contributed by atoms with van der Waals surface area (Å²) in [6, 6.07) is 6.83. The third-order valence-electron chi connectivity index (χ3n) is 2.40. The number of amides is 1. The van der Waals surface area contributed by atoms with Crippen molar-refractivity contribution in [3.05, 3.63) is 39.9 Å². The lowest BCUT2D eigenvalue weighted by Gasteiger charge is -2.05. The molecule has 0 aliphatic rings. The molecule has 0 saturated heterocycles. The Balaban J connectivity index is 2.22. The second-order valence-electron chi connectivity index (χ2n) is 4.24. The molecule has 0 aliphatic carbocycles. The average molecular weight is 346 g/mol. The van der Waals surface area contributed by atoms with E-state index in [0.29, 0.717) is 21.3 Å². The molecule has 2 aromatic rings. The van der Waals surface area contributed by atoms with E-state index in [0.717, 1.165) is 17.6 Å². The predicted molar refractivity (Wildman–Crippen MR) is 84.7 cm³/mol. The maximum Gasteiger partial charge on any atom is 0.267 e. The fourth-order valence-electron chi connectivity index (χ4n) is 1.55. The number of hydrogen-bond donors (Lipinski definition) is 2. The fourth-order valence-corrected chi connectivity index (χ4v) is 3.43. The predicted octanol–water partition coefficient (Wildman–Crippen LogP) is 2.73. The molecule has 21 heavy (non-hydrogen) atoms. The topological polar surface area (TPSA) is 88.2 Å². The zero-order valence-corrected chi connectivity index (χ0v) is 13.6. The Kier molecular flexibility index (Phi) is 4.50. The number of thiazole rings is 1. The number of nitrogens with zero attached hydrogens (tertiary/aromatic N) is 1. The summed E-state index contributed by atoms with van der Waals surface area (Å²) in [5.74, 6) is -0.389. The van der Waals surface area contributed by atoms with Crippen molar-refractivity contribution in [1.29, 1.82) is 0 Å². The molecule has 2 rings (SSSR count). The number of aromatic nitrogens is 1. The van der Waals surface area contributed by atoms with Gasteiger partial charge in [0.2, 0.25) is 10.0 Å². The molecule has 9 heteroatoms. The highest BCUT2D eigenvalue weighted by atomic mass is 35.5. The van der Waals surface area contributed by atoms with E-state index in [1.165, 1.54) is 0 Å². The lowest BCUT2D eigenvalue weighted by atomic mass is 10.3. The molecule has 0 atom stereocenters. The highest BCUT2D eigenvalue weighted by molar-refractivity contribution is 7.92. The molecule has 0 bridgehead atoms. The van der Waals surface area contributed by atoms with E-state index >= 15 is 0 Å². The van der Waals surface area contributed by atoms with Gasteiger partial charge in [0, 0.05) is 0 Å². The van der Waals surface area contributed by atoms with Crippen LogP contribution < -0.4 is 10.0 Å². The van der Waals surface area contributed by atoms with Gasteiger partial charge in [0.05, 0.1) is 22.7 Å². The monoisotopic (exact) mass is 345 g/mol. The Morgan fingerprint density at radius 3 is 2.62 bits per heavy atom. The molecular formula is C12H12ClN3O3S2. The number of benzene rings is 1. The summed E-state index contributed by atoms with van der Waals surface area (Å²) in [4.78, 5) is 16.5. The average Bonchev–Trinajstić information content (AvgIpc) is 2.70. The summed E-state index contributed by atoms with van der Waals surface area (Å²) >= 11 is 6.93. The number of aryl methyl sites for hydroxylation is 1. The Morgan fingerprint density at radius 1 is 1.33 bits per heavy atom. The highest BCUT2D eigenvalue weighted by Crippen LogP contribution is 2.26. The second kappa shape index (κ2) is 6.00. The number of sulfonamides is 1. The third-order valence-corrected chi connectivity index (χ3v) is 4.49. The quantitative estimate of drug-likeness (QED) is 0.891. The van der Waals surface area contributed by atoms with Gasteiger partial charge in [0.1, 0.15) is 4.88 Å². The summed E-state index contributed by atoms with van der Waals surface area (Å²) in [6.45, 7) is 1.63. The van der Waals surface area contributed by atoms with Crippen LogP contribution in [-0.4, -0.2) is 25.6 Å². The first kappa shape index (κ1) is 15.7. The van der Waals surface area contributed by atoms with Gasteiger partial charge < -0.3 is 5.32 Å². The van der Waals surface area contributed by atoms with Gasteiger partial charge in [-0.05, 0) is 19.1 Å². The van der Waals surface area contributed by atoms with Crippen LogP contribution in [0.5, 0.6) is 0 Å². The molecule has 1 amide bonds. The minimum Gasteiger partial charge on any atom is -0.320 e. The number of carbonyl (C=O) groups excluding carboxylic acids is 1. The molecule has 0 spiro atoms. The number of carbonyl (C=O) groups is 1. The van der Waals surface area contributed by atoms with Gasteiger partial charge in [0.25, 0.3) is 5.91 Å². The highest BCUT2D eigenvalue weighted by Gasteiger charge is 2.17. The van der Waals surface area contributed by atoms with Crippen LogP contribution in [0.1, 0.15) is 15.4 Å². The number of halogens is 1. The van der Waals surface area contributed by atoms with Crippen molar-refractivity contribution < 1.29 is 13.2 Å². The molecule has 0 aliphatic heterocycles. The van der Waals surface area contributed by atoms with E-state index in [-0.39, 0.29) is 11.0 Å². The first-order valence-corrected chi connectivity index (χ1v) is 8.86. The zero-order chi connectivity index (χ0) is 15.6. The Bertz CT molecular complexity index is 787. The summed E-state index contributed by atoms with van der Waals surface area (Å²) < 4.78 is 24.6. The van der Waals surface area contributed by atoms with E-state index < -0.39 is 10.0 Å². The summed E-state index contributed by atoms with van der Waals surface area (Å²) in [7, 11) is -3.43. The van der Waals surface area contributed by atoms with Crippen LogP contribution in [0.15, 0.2) is 24.3 Å². The van der Waals surface area contributed by atoms with Crippen molar-refractivity contribution in [2.24, 2.45) is 0 Å². The van der Waals surface area contributed by atoms with Crippen molar-refractivity contribution in [1.82, 2.24) is 4.98 Å². The molecule has 1 aromatic heterocycles. The molecule has 0 radical (unpaired) electrons. The minimum atomic E-state index is -3.43. The molecule has 1 heterocycles. The van der Waals surface area contributed by atoms with Crippen LogP contribution >= 0.6 is 22.9 Å². The molecule has 6 nitrogen and oxygen atoms in total. The number of nitrogens with one attached hydrogen (secondary N) is 2. The van der Waals surface area contributed by atoms with E-state index in [9.17, 15) is 13.2 Å². The number of para-hydroxylation sites is 1. The zero-order valence-electron chi connectivity index (χ0n) is 11.2. The van der Waals surface area contributed by atoms with Crippen LogP contribution in [0.4, 0.5) is 10.8 Å². The largest absolute Gasteiger partial charge is 0.320 e. The van der Waals surface area contributed by atoms with Crippen LogP contribution in [0.2, 0.25) is 5.02 Å². The lowest BCUT2D eigenvalue weighted by molar-refractivity contribution is 0.103. The standard InChI is InChI=1S/C12H12ClN3O3S2/c1-7-10(20-12(14-7)16-21(2,18)19)11(17)15-9-6-4-3-5-8(9)13/h3-6H,1-2H3,(H,14,16)(H,15,17). The van der Waals surface area contributed by atoms with E-state index in [1.807, 2.05) is 0 Å². The minimum absolute atomic E-state index is 0.152. The second-order valence-corrected chi connectivity index (χ2v) is 7.40. The maximum absolute atomic E-state index is 12.2. The third kappa shape index (κ3) is 4.16. The van der Waals surface area contributed by atoms with E-state index in [1.54, 1.807) is 31.2 Å². The van der Waals surface area contributed by atoms with Crippen LogP contribution in [0.3, 0.4) is 0 Å². The van der Waals surface area contributed by atoms with Crippen molar-refractivity contribution in [3.8, 4) is 0 Å². The lowest BCUT2D eigenvalue weighted by Crippen LogP contribution is -2.11. The number of hydrogen-bond acceptors (Lipinski definition) is 5. The van der Waals surface area contributed by atoms with Gasteiger partial charge in [-0.3, -0.25) is 9.52 Å². The Morgan fingerprint density at radius 2 is 2.00 bits per heavy atom. The van der Waals surface area contributed by atoms with Crippen molar-refractivity contribution >= 4 is 49.7 Å². The van der Waals surface area contributed by atoms with Gasteiger partial charge >= 0.3 is 0 Å². The van der Waals surface area contributed by atoms with Crippen molar-refractivity contribution in [2.45, 2.75) is 6.92 Å². The van der Waals surface area contributed by atoms with Gasteiger partial charge in [-0.2, -0.15) is 0 Å². The fraction of sp³-hybridized carbons (Fsp3) is 0.167. The molecule has 112 valence electrons. The normalized spacial score (nSPS) is 11.2. The summed E-state index contributed by atoms with van der Waals surface area (Å²) in [6.07, 6.45) is 1.02. The molecule has 0 unspecified atom stereocenters. The van der Waals surface area contributed by atoms with Crippen LogP contribution in [0.25, 0.3) is 0 Å². The molecule has 1 aromatic carbocycles. The van der Waals surface area contributed by atoms with Crippen LogP contribution in [0, 0.1) is 6.92 Å². The maximum atomic E-state index is 12.2. The van der Waals surface area contributed by atoms with Gasteiger partial charge in [-0.1, -0.05) is 35.1 Å². The first-order chi connectivity index (χ1) is 9.76. The molecule has 0 saturated carbocycles. The van der Waals surface area contributed by atoms with E-state index in [2.05, 4.69) is 15.0 Å². The van der Waals surface area contributed by atoms with Gasteiger partial charge in [-0.25, -0.2) is 13.4 Å². The summed E-state index contributed by atoms with van der Waals surface area (Å²) in [5, 5.41) is 3.24. The summed E-state index contributed by atoms with van der Waals surface area (Å²) in [5.41, 5.74) is 0.922. The SMILES string of the molecule is Cc1nc(NS(C)(=O)=O)sc1C(=O)Nc1ccccc1Cl. The van der Waals surface area contributed by atoms with Crippen molar-refractivity contribution in [2.75, 3.05) is 16.3 Å². The van der Waals surface area contributed by atoms with Crippen LogP contribution in [-0.2, 0) is 10.0 Å². The molecular weight excluding hydrogens is 334 g/mol.